The molecule has 162 valence electrons. The standard InChI is InChI=1S/C17H30N2O9/c20-6-2-1-3-15(21)18-4-7-25-9-11-27-13-16(22)19-5-8-26-10-12-28-14-17(23)24/h6H,1-5,7-14H2,(H,18,21)(H,19,22)(H,23,24). The van der Waals surface area contributed by atoms with Crippen LogP contribution in [0.3, 0.4) is 0 Å². The summed E-state index contributed by atoms with van der Waals surface area (Å²) >= 11 is 0. The highest BCUT2D eigenvalue weighted by Gasteiger charge is 2.02. The van der Waals surface area contributed by atoms with E-state index in [9.17, 15) is 19.2 Å². The first-order valence-corrected chi connectivity index (χ1v) is 9.06. The van der Waals surface area contributed by atoms with Crippen LogP contribution in [0.1, 0.15) is 19.3 Å². The summed E-state index contributed by atoms with van der Waals surface area (Å²) in [4.78, 5) is 43.1. The van der Waals surface area contributed by atoms with Gasteiger partial charge in [-0.25, -0.2) is 4.79 Å². The van der Waals surface area contributed by atoms with Crippen LogP contribution >= 0.6 is 0 Å². The summed E-state index contributed by atoms with van der Waals surface area (Å²) in [6.07, 6.45) is 2.03. The molecule has 2 amide bonds. The number of carboxylic acids is 1. The molecule has 0 bridgehead atoms. The van der Waals surface area contributed by atoms with Gasteiger partial charge in [0.1, 0.15) is 19.5 Å². The molecule has 0 saturated heterocycles. The summed E-state index contributed by atoms with van der Waals surface area (Å²) in [6.45, 7) is 1.81. The van der Waals surface area contributed by atoms with Crippen LogP contribution in [0.5, 0.6) is 0 Å². The first kappa shape index (κ1) is 25.9. The third-order valence-electron chi connectivity index (χ3n) is 3.07. The molecule has 0 unspecified atom stereocenters. The molecule has 0 aromatic carbocycles. The highest BCUT2D eigenvalue weighted by Crippen LogP contribution is 1.91. The normalized spacial score (nSPS) is 10.4. The molecule has 0 rings (SSSR count). The topological polar surface area (TPSA) is 149 Å². The number of aliphatic carboxylic acids is 1. The highest BCUT2D eigenvalue weighted by atomic mass is 16.5. The second-order valence-corrected chi connectivity index (χ2v) is 5.48. The summed E-state index contributed by atoms with van der Waals surface area (Å²) in [5.41, 5.74) is 0. The number of rotatable bonds is 20. The zero-order chi connectivity index (χ0) is 20.9. The lowest BCUT2D eigenvalue weighted by Gasteiger charge is -2.08. The van der Waals surface area contributed by atoms with Crippen molar-refractivity contribution in [1.82, 2.24) is 10.6 Å². The minimum atomic E-state index is -1.04. The summed E-state index contributed by atoms with van der Waals surface area (Å²) < 4.78 is 20.3. The van der Waals surface area contributed by atoms with Gasteiger partial charge in [-0.1, -0.05) is 0 Å². The average Bonchev–Trinajstić information content (AvgIpc) is 2.66. The first-order valence-electron chi connectivity index (χ1n) is 9.06. The largest absolute Gasteiger partial charge is 0.480 e. The molecule has 11 heteroatoms. The second kappa shape index (κ2) is 19.7. The van der Waals surface area contributed by atoms with Gasteiger partial charge in [-0.3, -0.25) is 9.59 Å². The number of nitrogens with one attached hydrogen (secondary N) is 2. The van der Waals surface area contributed by atoms with Crippen LogP contribution in [0, 0.1) is 0 Å². The molecular formula is C17H30N2O9. The van der Waals surface area contributed by atoms with Gasteiger partial charge in [-0.2, -0.15) is 0 Å². The molecule has 11 nitrogen and oxygen atoms in total. The van der Waals surface area contributed by atoms with E-state index in [1.54, 1.807) is 0 Å². The van der Waals surface area contributed by atoms with Crippen molar-refractivity contribution in [2.24, 2.45) is 0 Å². The lowest BCUT2D eigenvalue weighted by atomic mass is 10.2. The number of amides is 2. The SMILES string of the molecule is O=CCCCC(=O)NCCOCCOCC(=O)NCCOCCOCC(=O)O. The van der Waals surface area contributed by atoms with Gasteiger partial charge in [0.15, 0.2) is 0 Å². The van der Waals surface area contributed by atoms with Gasteiger partial charge < -0.3 is 39.5 Å². The molecule has 0 aliphatic carbocycles. The van der Waals surface area contributed by atoms with Gasteiger partial charge in [0, 0.05) is 25.9 Å². The molecule has 0 atom stereocenters. The van der Waals surface area contributed by atoms with E-state index < -0.39 is 5.97 Å². The zero-order valence-electron chi connectivity index (χ0n) is 16.0. The molecular weight excluding hydrogens is 376 g/mol. The fourth-order valence-corrected chi connectivity index (χ4v) is 1.77. The second-order valence-electron chi connectivity index (χ2n) is 5.48. The van der Waals surface area contributed by atoms with Gasteiger partial charge in [-0.05, 0) is 6.42 Å². The van der Waals surface area contributed by atoms with Crippen LogP contribution in [0.25, 0.3) is 0 Å². The van der Waals surface area contributed by atoms with E-state index in [1.807, 2.05) is 0 Å². The van der Waals surface area contributed by atoms with E-state index in [0.29, 0.717) is 45.6 Å². The first-order chi connectivity index (χ1) is 13.6. The molecule has 0 saturated carbocycles. The fourth-order valence-electron chi connectivity index (χ4n) is 1.77. The lowest BCUT2D eigenvalue weighted by Crippen LogP contribution is -2.31. The maximum Gasteiger partial charge on any atom is 0.329 e. The molecule has 0 heterocycles. The minimum Gasteiger partial charge on any atom is -0.480 e. The number of carboxylic acid groups (broad SMARTS) is 1. The Bertz CT molecular complexity index is 446. The van der Waals surface area contributed by atoms with Crippen LogP contribution in [0.15, 0.2) is 0 Å². The zero-order valence-corrected chi connectivity index (χ0v) is 16.0. The van der Waals surface area contributed by atoms with E-state index in [0.717, 1.165) is 6.29 Å². The van der Waals surface area contributed by atoms with Crippen LogP contribution in [0.4, 0.5) is 0 Å². The van der Waals surface area contributed by atoms with Crippen molar-refractivity contribution >= 4 is 24.1 Å². The van der Waals surface area contributed by atoms with E-state index in [2.05, 4.69) is 10.6 Å². The molecule has 0 spiro atoms. The molecule has 3 N–H and O–H groups in total. The molecule has 0 aliphatic rings. The van der Waals surface area contributed by atoms with Gasteiger partial charge in [0.25, 0.3) is 0 Å². The van der Waals surface area contributed by atoms with Crippen LogP contribution < -0.4 is 10.6 Å². The smallest absolute Gasteiger partial charge is 0.329 e. The van der Waals surface area contributed by atoms with Crippen molar-refractivity contribution in [2.75, 3.05) is 65.9 Å². The molecule has 0 aliphatic heterocycles. The number of hydrogen-bond acceptors (Lipinski definition) is 8. The summed E-state index contributed by atoms with van der Waals surface area (Å²) in [7, 11) is 0. The Balaban J connectivity index is 3.27. The number of hydrogen-bond donors (Lipinski definition) is 3. The Kier molecular flexibility index (Phi) is 18.2. The fraction of sp³-hybridized carbons (Fsp3) is 0.765. The van der Waals surface area contributed by atoms with Gasteiger partial charge >= 0.3 is 5.97 Å². The predicted molar refractivity (Wildman–Crippen MR) is 96.8 cm³/mol. The summed E-state index contributed by atoms with van der Waals surface area (Å²) in [5.74, 6) is -1.43. The van der Waals surface area contributed by atoms with Crippen LogP contribution in [-0.4, -0.2) is 95.1 Å². The number of unbranched alkanes of at least 4 members (excludes halogenated alkanes) is 1. The maximum absolute atomic E-state index is 11.5. The van der Waals surface area contributed by atoms with E-state index in [1.165, 1.54) is 0 Å². The van der Waals surface area contributed by atoms with Gasteiger partial charge in [-0.15, -0.1) is 0 Å². The van der Waals surface area contributed by atoms with Crippen molar-refractivity contribution in [3.05, 3.63) is 0 Å². The third-order valence-corrected chi connectivity index (χ3v) is 3.07. The van der Waals surface area contributed by atoms with Crippen molar-refractivity contribution in [2.45, 2.75) is 19.3 Å². The quantitative estimate of drug-likeness (QED) is 0.166. The van der Waals surface area contributed by atoms with E-state index in [-0.39, 0.29) is 51.5 Å². The molecule has 0 aromatic heterocycles. The monoisotopic (exact) mass is 406 g/mol. The Labute approximate surface area is 164 Å². The summed E-state index contributed by atoms with van der Waals surface area (Å²) in [5, 5.41) is 13.6. The Hall–Kier alpha value is -2.08. The Morgan fingerprint density at radius 3 is 1.86 bits per heavy atom. The maximum atomic E-state index is 11.5. The number of carbonyl (C=O) groups excluding carboxylic acids is 3. The van der Waals surface area contributed by atoms with E-state index >= 15 is 0 Å². The minimum absolute atomic E-state index is 0.0987. The van der Waals surface area contributed by atoms with E-state index in [4.69, 9.17) is 24.1 Å². The summed E-state index contributed by atoms with van der Waals surface area (Å²) in [6, 6.07) is 0. The Morgan fingerprint density at radius 1 is 0.750 bits per heavy atom. The van der Waals surface area contributed by atoms with Crippen molar-refractivity contribution < 1.29 is 43.2 Å². The predicted octanol–water partition coefficient (Wildman–Crippen LogP) is -1.26. The molecule has 0 fully saturated rings. The van der Waals surface area contributed by atoms with Crippen molar-refractivity contribution in [3.63, 3.8) is 0 Å². The van der Waals surface area contributed by atoms with Crippen molar-refractivity contribution in [3.8, 4) is 0 Å². The number of carbonyl (C=O) groups is 4. The number of aldehydes is 1. The lowest BCUT2D eigenvalue weighted by molar-refractivity contribution is -0.142. The Morgan fingerprint density at radius 2 is 1.29 bits per heavy atom. The third kappa shape index (κ3) is 20.2. The molecule has 28 heavy (non-hydrogen) atoms. The molecule has 0 aromatic rings. The number of ether oxygens (including phenoxy) is 4. The van der Waals surface area contributed by atoms with Crippen LogP contribution in [0.2, 0.25) is 0 Å². The average molecular weight is 406 g/mol. The van der Waals surface area contributed by atoms with Crippen molar-refractivity contribution in [1.29, 1.82) is 0 Å². The van der Waals surface area contributed by atoms with Gasteiger partial charge in [0.05, 0.1) is 39.6 Å². The van der Waals surface area contributed by atoms with Gasteiger partial charge in [0.2, 0.25) is 11.8 Å². The van der Waals surface area contributed by atoms with Crippen LogP contribution in [-0.2, 0) is 38.1 Å². The highest BCUT2D eigenvalue weighted by molar-refractivity contribution is 5.77. The molecule has 0 radical (unpaired) electrons.